The van der Waals surface area contributed by atoms with Gasteiger partial charge in [-0.2, -0.15) is 5.10 Å². The molecule has 0 saturated heterocycles. The van der Waals surface area contributed by atoms with Gasteiger partial charge in [-0.25, -0.2) is 27.2 Å². The first kappa shape index (κ1) is 17.5. The zero-order valence-electron chi connectivity index (χ0n) is 13.1. The summed E-state index contributed by atoms with van der Waals surface area (Å²) < 4.78 is 42.2. The molecular weight excluding hydrogens is 367 g/mol. The van der Waals surface area contributed by atoms with Gasteiger partial charge in [-0.1, -0.05) is 23.7 Å². The van der Waals surface area contributed by atoms with E-state index < -0.39 is 21.9 Å². The Morgan fingerprint density at radius 1 is 1.20 bits per heavy atom. The highest BCUT2D eigenvalue weighted by Gasteiger charge is 2.19. The number of benzene rings is 2. The van der Waals surface area contributed by atoms with E-state index >= 15 is 0 Å². The van der Waals surface area contributed by atoms with Crippen LogP contribution in [0.25, 0.3) is 5.69 Å². The van der Waals surface area contributed by atoms with Gasteiger partial charge < -0.3 is 0 Å². The zero-order chi connectivity index (χ0) is 18.0. The van der Waals surface area contributed by atoms with Gasteiger partial charge in [-0.05, 0) is 42.8 Å². The fraction of sp³-hybridized carbons (Fsp3) is 0.125. The maximum absolute atomic E-state index is 13.2. The molecule has 2 aromatic carbocycles. The number of rotatable bonds is 5. The van der Waals surface area contributed by atoms with E-state index in [9.17, 15) is 12.8 Å². The van der Waals surface area contributed by atoms with Crippen molar-refractivity contribution >= 4 is 21.6 Å². The fourth-order valence-corrected chi connectivity index (χ4v) is 3.77. The predicted molar refractivity (Wildman–Crippen MR) is 91.5 cm³/mol. The minimum atomic E-state index is -3.83. The van der Waals surface area contributed by atoms with Gasteiger partial charge in [-0.15, -0.1) is 0 Å². The summed E-state index contributed by atoms with van der Waals surface area (Å²) in [5, 5.41) is 3.78. The third kappa shape index (κ3) is 3.87. The molecule has 1 N–H and O–H groups in total. The minimum absolute atomic E-state index is 0.0926. The largest absolute Gasteiger partial charge is 0.241 e. The van der Waals surface area contributed by atoms with Crippen LogP contribution in [-0.4, -0.2) is 23.2 Å². The molecule has 0 aliphatic heterocycles. The van der Waals surface area contributed by atoms with E-state index in [-0.39, 0.29) is 9.92 Å². The van der Waals surface area contributed by atoms with Crippen LogP contribution in [0.5, 0.6) is 0 Å². The summed E-state index contributed by atoms with van der Waals surface area (Å²) in [5.74, 6) is -0.669. The molecule has 0 aliphatic carbocycles. The van der Waals surface area contributed by atoms with Crippen LogP contribution < -0.4 is 4.72 Å². The van der Waals surface area contributed by atoms with Crippen molar-refractivity contribution in [3.05, 3.63) is 71.5 Å². The lowest BCUT2D eigenvalue weighted by Crippen LogP contribution is -2.27. The second-order valence-corrected chi connectivity index (χ2v) is 7.47. The van der Waals surface area contributed by atoms with Crippen molar-refractivity contribution in [1.82, 2.24) is 19.5 Å². The summed E-state index contributed by atoms with van der Waals surface area (Å²) in [6.45, 7) is 1.72. The first-order chi connectivity index (χ1) is 11.9. The van der Waals surface area contributed by atoms with Gasteiger partial charge in [-0.3, -0.25) is 0 Å². The van der Waals surface area contributed by atoms with Crippen molar-refractivity contribution in [2.24, 2.45) is 0 Å². The topological polar surface area (TPSA) is 76.9 Å². The van der Waals surface area contributed by atoms with Gasteiger partial charge in [0, 0.05) is 6.04 Å². The number of sulfonamides is 1. The molecule has 0 unspecified atom stereocenters. The van der Waals surface area contributed by atoms with Gasteiger partial charge in [0.2, 0.25) is 10.0 Å². The van der Waals surface area contributed by atoms with Gasteiger partial charge in [0.15, 0.2) is 0 Å². The Hall–Kier alpha value is -2.29. The molecule has 9 heteroatoms. The van der Waals surface area contributed by atoms with E-state index in [2.05, 4.69) is 14.8 Å². The van der Waals surface area contributed by atoms with Crippen molar-refractivity contribution in [2.75, 3.05) is 0 Å². The average molecular weight is 381 g/mol. The minimum Gasteiger partial charge on any atom is -0.223 e. The first-order valence-electron chi connectivity index (χ1n) is 7.29. The molecule has 3 rings (SSSR count). The van der Waals surface area contributed by atoms with Crippen molar-refractivity contribution < 1.29 is 12.8 Å². The van der Waals surface area contributed by atoms with Crippen LogP contribution in [0, 0.1) is 5.82 Å². The van der Waals surface area contributed by atoms with Gasteiger partial charge in [0.05, 0.1) is 15.6 Å². The third-order valence-electron chi connectivity index (χ3n) is 3.61. The van der Waals surface area contributed by atoms with Crippen molar-refractivity contribution in [3.8, 4) is 5.69 Å². The summed E-state index contributed by atoms with van der Waals surface area (Å²) in [4.78, 5) is 3.78. The highest BCUT2D eigenvalue weighted by atomic mass is 35.5. The van der Waals surface area contributed by atoms with E-state index in [0.29, 0.717) is 0 Å². The Morgan fingerprint density at radius 3 is 2.52 bits per heavy atom. The Morgan fingerprint density at radius 2 is 1.92 bits per heavy atom. The number of hydrogen-bond acceptors (Lipinski definition) is 4. The molecular formula is C16H14ClFN4O2S. The van der Waals surface area contributed by atoms with Crippen LogP contribution in [0.1, 0.15) is 18.5 Å². The SMILES string of the molecule is C[C@H](NS(=O)(=O)c1ccc(F)c(Cl)c1)c1ccc(-n2cncn2)cc1. The lowest BCUT2D eigenvalue weighted by molar-refractivity contribution is 0.566. The third-order valence-corrected chi connectivity index (χ3v) is 5.44. The van der Waals surface area contributed by atoms with Crippen LogP contribution in [0.15, 0.2) is 60.0 Å². The fourth-order valence-electron chi connectivity index (χ4n) is 2.27. The first-order valence-corrected chi connectivity index (χ1v) is 9.15. The number of aromatic nitrogens is 3. The summed E-state index contributed by atoms with van der Waals surface area (Å²) in [6, 6.07) is 9.99. The molecule has 130 valence electrons. The Bertz CT molecular complexity index is 976. The summed E-state index contributed by atoms with van der Waals surface area (Å²) in [6.07, 6.45) is 3.00. The standard InChI is InChI=1S/C16H14ClFN4O2S/c1-11(12-2-4-13(5-3-12)22-10-19-9-20-22)21-25(23,24)14-6-7-16(18)15(17)8-14/h2-11,21H,1H3/t11-/m0/s1. The summed E-state index contributed by atoms with van der Waals surface area (Å²) in [7, 11) is -3.83. The molecule has 0 radical (unpaired) electrons. The summed E-state index contributed by atoms with van der Waals surface area (Å²) in [5.41, 5.74) is 1.57. The summed E-state index contributed by atoms with van der Waals surface area (Å²) >= 11 is 5.66. The normalized spacial score (nSPS) is 12.9. The molecule has 0 bridgehead atoms. The average Bonchev–Trinajstić information content (AvgIpc) is 3.11. The Labute approximate surface area is 149 Å². The van der Waals surface area contributed by atoms with Gasteiger partial charge >= 0.3 is 0 Å². The van der Waals surface area contributed by atoms with Crippen LogP contribution in [-0.2, 0) is 10.0 Å². The van der Waals surface area contributed by atoms with E-state index in [1.165, 1.54) is 12.4 Å². The van der Waals surface area contributed by atoms with Crippen molar-refractivity contribution in [3.63, 3.8) is 0 Å². The second kappa shape index (κ2) is 6.91. The Balaban J connectivity index is 1.78. The van der Waals surface area contributed by atoms with Crippen LogP contribution >= 0.6 is 11.6 Å². The highest BCUT2D eigenvalue weighted by Crippen LogP contribution is 2.22. The molecule has 1 heterocycles. The van der Waals surface area contributed by atoms with E-state index in [0.717, 1.165) is 23.4 Å². The molecule has 0 saturated carbocycles. The predicted octanol–water partition coefficient (Wildman–Crippen LogP) is 3.10. The molecule has 25 heavy (non-hydrogen) atoms. The van der Waals surface area contributed by atoms with Crippen LogP contribution in [0.2, 0.25) is 5.02 Å². The smallest absolute Gasteiger partial charge is 0.223 e. The molecule has 1 aromatic heterocycles. The molecule has 1 atom stereocenters. The maximum atomic E-state index is 13.2. The van der Waals surface area contributed by atoms with E-state index in [1.807, 2.05) is 12.1 Å². The number of hydrogen-bond donors (Lipinski definition) is 1. The van der Waals surface area contributed by atoms with Gasteiger partial charge in [0.1, 0.15) is 18.5 Å². The molecule has 0 fully saturated rings. The van der Waals surface area contributed by atoms with Crippen molar-refractivity contribution in [2.45, 2.75) is 17.9 Å². The number of halogens is 2. The lowest BCUT2D eigenvalue weighted by atomic mass is 10.1. The maximum Gasteiger partial charge on any atom is 0.241 e. The van der Waals surface area contributed by atoms with Gasteiger partial charge in [0.25, 0.3) is 0 Å². The van der Waals surface area contributed by atoms with E-state index in [1.54, 1.807) is 30.1 Å². The lowest BCUT2D eigenvalue weighted by Gasteiger charge is -2.15. The second-order valence-electron chi connectivity index (χ2n) is 5.35. The molecule has 3 aromatic rings. The van der Waals surface area contributed by atoms with Crippen molar-refractivity contribution in [1.29, 1.82) is 0 Å². The van der Waals surface area contributed by atoms with Crippen LogP contribution in [0.4, 0.5) is 4.39 Å². The molecule has 0 aliphatic rings. The number of nitrogens with zero attached hydrogens (tertiary/aromatic N) is 3. The quantitative estimate of drug-likeness (QED) is 0.737. The Kier molecular flexibility index (Phi) is 4.85. The zero-order valence-corrected chi connectivity index (χ0v) is 14.7. The van der Waals surface area contributed by atoms with Crippen LogP contribution in [0.3, 0.4) is 0 Å². The van der Waals surface area contributed by atoms with E-state index in [4.69, 9.17) is 11.6 Å². The molecule has 0 spiro atoms. The number of nitrogens with one attached hydrogen (secondary N) is 1. The molecule has 6 nitrogen and oxygen atoms in total. The highest BCUT2D eigenvalue weighted by molar-refractivity contribution is 7.89. The molecule has 0 amide bonds. The monoisotopic (exact) mass is 380 g/mol.